The fraction of sp³-hybridized carbons (Fsp3) is 0.250. The van der Waals surface area contributed by atoms with Crippen molar-refractivity contribution in [3.05, 3.63) is 29.8 Å². The van der Waals surface area contributed by atoms with Crippen LogP contribution in [0.2, 0.25) is 0 Å². The second-order valence-electron chi connectivity index (χ2n) is 2.77. The van der Waals surface area contributed by atoms with E-state index in [1.807, 2.05) is 12.1 Å². The first kappa shape index (κ1) is 10.3. The number of Topliss-reactive ketones (excluding diaryl/α,β-unsaturated/α-hetero) is 1. The lowest BCUT2D eigenvalue weighted by molar-refractivity contribution is 0.101. The number of benzene rings is 1. The van der Waals surface area contributed by atoms with E-state index in [9.17, 15) is 4.79 Å². The highest BCUT2D eigenvalue weighted by atomic mass is 16.5. The second kappa shape index (κ2) is 5.08. The molecular formula is C12H12O2. The third kappa shape index (κ3) is 2.63. The molecule has 0 aliphatic rings. The molecule has 0 heterocycles. The molecule has 0 saturated heterocycles. The van der Waals surface area contributed by atoms with Crippen LogP contribution in [0.5, 0.6) is 5.75 Å². The minimum Gasteiger partial charge on any atom is -0.480 e. The van der Waals surface area contributed by atoms with Crippen LogP contribution in [-0.2, 0) is 0 Å². The van der Waals surface area contributed by atoms with Crippen LogP contribution in [0.25, 0.3) is 0 Å². The standard InChI is InChI=1S/C12H12O2/c1-3-4-9-14-12-8-6-5-7-11(12)10(2)13/h5-8H,9H2,1-2H3. The summed E-state index contributed by atoms with van der Waals surface area (Å²) < 4.78 is 5.34. The van der Waals surface area contributed by atoms with Gasteiger partial charge in [-0.25, -0.2) is 0 Å². The molecule has 0 spiro atoms. The first-order chi connectivity index (χ1) is 6.75. The zero-order chi connectivity index (χ0) is 10.4. The van der Waals surface area contributed by atoms with Crippen LogP contribution in [0.1, 0.15) is 24.2 Å². The highest BCUT2D eigenvalue weighted by molar-refractivity contribution is 5.96. The molecule has 14 heavy (non-hydrogen) atoms. The van der Waals surface area contributed by atoms with Crippen molar-refractivity contribution in [2.24, 2.45) is 0 Å². The smallest absolute Gasteiger partial charge is 0.163 e. The van der Waals surface area contributed by atoms with Crippen molar-refractivity contribution in [3.8, 4) is 17.6 Å². The van der Waals surface area contributed by atoms with Crippen molar-refractivity contribution in [1.29, 1.82) is 0 Å². The molecule has 0 fully saturated rings. The molecular weight excluding hydrogens is 176 g/mol. The molecule has 0 aliphatic heterocycles. The number of ether oxygens (including phenoxy) is 1. The summed E-state index contributed by atoms with van der Waals surface area (Å²) in [6.45, 7) is 3.59. The zero-order valence-corrected chi connectivity index (χ0v) is 8.33. The molecule has 2 heteroatoms. The maximum absolute atomic E-state index is 11.2. The van der Waals surface area contributed by atoms with Crippen LogP contribution in [0.4, 0.5) is 0 Å². The molecule has 72 valence electrons. The van der Waals surface area contributed by atoms with Crippen LogP contribution in [0, 0.1) is 11.8 Å². The maximum Gasteiger partial charge on any atom is 0.163 e. The number of para-hydroxylation sites is 1. The Morgan fingerprint density at radius 3 is 2.79 bits per heavy atom. The summed E-state index contributed by atoms with van der Waals surface area (Å²) in [4.78, 5) is 11.2. The fourth-order valence-electron chi connectivity index (χ4n) is 1.07. The van der Waals surface area contributed by atoms with Gasteiger partial charge in [-0.2, -0.15) is 0 Å². The Hall–Kier alpha value is -1.75. The Bertz CT molecular complexity index is 383. The molecule has 1 rings (SSSR count). The number of carbonyl (C=O) groups excluding carboxylic acids is 1. The van der Waals surface area contributed by atoms with Gasteiger partial charge in [-0.1, -0.05) is 18.1 Å². The third-order valence-corrected chi connectivity index (χ3v) is 1.74. The predicted molar refractivity (Wildman–Crippen MR) is 55.4 cm³/mol. The van der Waals surface area contributed by atoms with E-state index in [1.54, 1.807) is 19.1 Å². The number of hydrogen-bond acceptors (Lipinski definition) is 2. The van der Waals surface area contributed by atoms with E-state index in [0.29, 0.717) is 17.9 Å². The molecule has 0 saturated carbocycles. The number of carbonyl (C=O) groups is 1. The third-order valence-electron chi connectivity index (χ3n) is 1.74. The topological polar surface area (TPSA) is 26.3 Å². The predicted octanol–water partition coefficient (Wildman–Crippen LogP) is 2.29. The summed E-state index contributed by atoms with van der Waals surface area (Å²) in [6.07, 6.45) is 0. The van der Waals surface area contributed by atoms with Crippen LogP contribution in [-0.4, -0.2) is 12.4 Å². The molecule has 0 atom stereocenters. The van der Waals surface area contributed by atoms with Gasteiger partial charge in [0.25, 0.3) is 0 Å². The summed E-state index contributed by atoms with van der Waals surface area (Å²) >= 11 is 0. The zero-order valence-electron chi connectivity index (χ0n) is 8.33. The van der Waals surface area contributed by atoms with E-state index in [0.717, 1.165) is 0 Å². The van der Waals surface area contributed by atoms with Gasteiger partial charge in [-0.15, -0.1) is 5.92 Å². The SMILES string of the molecule is CC#CCOc1ccccc1C(C)=O. The first-order valence-electron chi connectivity index (χ1n) is 4.38. The van der Waals surface area contributed by atoms with E-state index < -0.39 is 0 Å². The molecule has 0 aromatic heterocycles. The summed E-state index contributed by atoms with van der Waals surface area (Å²) in [6, 6.07) is 7.17. The summed E-state index contributed by atoms with van der Waals surface area (Å²) in [5.41, 5.74) is 0.602. The van der Waals surface area contributed by atoms with Crippen molar-refractivity contribution in [3.63, 3.8) is 0 Å². The molecule has 0 aliphatic carbocycles. The molecule has 1 aromatic carbocycles. The van der Waals surface area contributed by atoms with E-state index in [1.165, 1.54) is 6.92 Å². The molecule has 0 unspecified atom stereocenters. The van der Waals surface area contributed by atoms with Crippen LogP contribution >= 0.6 is 0 Å². The number of hydrogen-bond donors (Lipinski definition) is 0. The molecule has 0 N–H and O–H groups in total. The molecule has 0 radical (unpaired) electrons. The lowest BCUT2D eigenvalue weighted by Gasteiger charge is -2.05. The van der Waals surface area contributed by atoms with Gasteiger partial charge in [0.1, 0.15) is 12.4 Å². The van der Waals surface area contributed by atoms with E-state index in [4.69, 9.17) is 4.74 Å². The van der Waals surface area contributed by atoms with Crippen molar-refractivity contribution < 1.29 is 9.53 Å². The molecule has 1 aromatic rings. The average Bonchev–Trinajstić information content (AvgIpc) is 2.19. The van der Waals surface area contributed by atoms with Gasteiger partial charge in [0, 0.05) is 0 Å². The van der Waals surface area contributed by atoms with Crippen molar-refractivity contribution in [2.75, 3.05) is 6.61 Å². The quantitative estimate of drug-likeness (QED) is 0.537. The Kier molecular flexibility index (Phi) is 3.75. The van der Waals surface area contributed by atoms with Crippen molar-refractivity contribution >= 4 is 5.78 Å². The van der Waals surface area contributed by atoms with Gasteiger partial charge in [-0.05, 0) is 26.0 Å². The van der Waals surface area contributed by atoms with Crippen molar-refractivity contribution in [2.45, 2.75) is 13.8 Å². The number of rotatable bonds is 3. The minimum absolute atomic E-state index is 0.00468. The normalized spacial score (nSPS) is 8.71. The lowest BCUT2D eigenvalue weighted by Crippen LogP contribution is -2.00. The van der Waals surface area contributed by atoms with E-state index in [2.05, 4.69) is 11.8 Å². The first-order valence-corrected chi connectivity index (χ1v) is 4.38. The van der Waals surface area contributed by atoms with Gasteiger partial charge in [-0.3, -0.25) is 4.79 Å². The number of ketones is 1. The Morgan fingerprint density at radius 1 is 1.43 bits per heavy atom. The van der Waals surface area contributed by atoms with Gasteiger partial charge in [0.2, 0.25) is 0 Å². The van der Waals surface area contributed by atoms with Crippen molar-refractivity contribution in [1.82, 2.24) is 0 Å². The van der Waals surface area contributed by atoms with E-state index in [-0.39, 0.29) is 5.78 Å². The molecule has 0 bridgehead atoms. The molecule has 2 nitrogen and oxygen atoms in total. The summed E-state index contributed by atoms with van der Waals surface area (Å²) in [7, 11) is 0. The Labute approximate surface area is 83.9 Å². The monoisotopic (exact) mass is 188 g/mol. The highest BCUT2D eigenvalue weighted by Crippen LogP contribution is 2.17. The summed E-state index contributed by atoms with van der Waals surface area (Å²) in [5, 5.41) is 0. The fourth-order valence-corrected chi connectivity index (χ4v) is 1.07. The Morgan fingerprint density at radius 2 is 2.14 bits per heavy atom. The van der Waals surface area contributed by atoms with Crippen LogP contribution in [0.15, 0.2) is 24.3 Å². The lowest BCUT2D eigenvalue weighted by atomic mass is 10.1. The maximum atomic E-state index is 11.2. The second-order valence-corrected chi connectivity index (χ2v) is 2.77. The molecule has 0 amide bonds. The van der Waals surface area contributed by atoms with Gasteiger partial charge < -0.3 is 4.74 Å². The Balaban J connectivity index is 2.83. The van der Waals surface area contributed by atoms with E-state index >= 15 is 0 Å². The average molecular weight is 188 g/mol. The van der Waals surface area contributed by atoms with Gasteiger partial charge in [0.15, 0.2) is 5.78 Å². The highest BCUT2D eigenvalue weighted by Gasteiger charge is 2.05. The van der Waals surface area contributed by atoms with Gasteiger partial charge in [0.05, 0.1) is 5.56 Å². The summed E-state index contributed by atoms with van der Waals surface area (Å²) in [5.74, 6) is 6.11. The van der Waals surface area contributed by atoms with Crippen LogP contribution < -0.4 is 4.74 Å². The van der Waals surface area contributed by atoms with Crippen LogP contribution in [0.3, 0.4) is 0 Å². The minimum atomic E-state index is 0.00468. The van der Waals surface area contributed by atoms with Gasteiger partial charge >= 0.3 is 0 Å². The largest absolute Gasteiger partial charge is 0.480 e.